The van der Waals surface area contributed by atoms with E-state index < -0.39 is 13.0 Å². The number of nitrogens with one attached hydrogen (secondary N) is 1. The quantitative estimate of drug-likeness (QED) is 0.741. The normalized spacial score (nSPS) is 10.3. The third-order valence-corrected chi connectivity index (χ3v) is 3.78. The van der Waals surface area contributed by atoms with Crippen molar-refractivity contribution >= 4 is 29.7 Å². The molecule has 0 aliphatic rings. The van der Waals surface area contributed by atoms with Crippen LogP contribution < -0.4 is 15.8 Å². The molecule has 0 fully saturated rings. The molecule has 24 heavy (non-hydrogen) atoms. The zero-order valence-corrected chi connectivity index (χ0v) is 14.3. The number of rotatable bonds is 8. The van der Waals surface area contributed by atoms with Crippen LogP contribution >= 0.6 is 23.7 Å². The molecule has 0 atom stereocenters. The molecule has 0 unspecified atom stereocenters. The lowest BCUT2D eigenvalue weighted by molar-refractivity contribution is 0.0818. The number of nitrogens with two attached hydrogens (primary N) is 1. The van der Waals surface area contributed by atoms with Crippen LogP contribution in [0.2, 0.25) is 0 Å². The third kappa shape index (κ3) is 6.38. The van der Waals surface area contributed by atoms with Gasteiger partial charge in [0, 0.05) is 18.3 Å². The highest BCUT2D eigenvalue weighted by Gasteiger charge is 2.10. The predicted octanol–water partition coefficient (Wildman–Crippen LogP) is 2.64. The van der Waals surface area contributed by atoms with Crippen LogP contribution in [0.25, 0.3) is 0 Å². The Kier molecular flexibility index (Phi) is 8.59. The zero-order chi connectivity index (χ0) is 16.7. The smallest absolute Gasteiger partial charge is 0.272 e. The number of ether oxygens (including phenoxy) is 1. The number of halogens is 3. The maximum Gasteiger partial charge on any atom is 0.272 e. The second kappa shape index (κ2) is 10.2. The lowest BCUT2D eigenvalue weighted by Gasteiger charge is -2.08. The van der Waals surface area contributed by atoms with Crippen molar-refractivity contribution in [2.45, 2.75) is 19.4 Å². The molecule has 9 heteroatoms. The van der Waals surface area contributed by atoms with E-state index in [4.69, 9.17) is 10.5 Å². The molecular weight excluding hydrogens is 360 g/mol. The number of nitrogens with zero attached hydrogens (tertiary/aromatic N) is 1. The monoisotopic (exact) mass is 377 g/mol. The van der Waals surface area contributed by atoms with Gasteiger partial charge in [0.1, 0.15) is 18.1 Å². The molecule has 0 bridgehead atoms. The summed E-state index contributed by atoms with van der Waals surface area (Å²) in [6.45, 7) is 0.0903. The number of aromatic nitrogens is 1. The van der Waals surface area contributed by atoms with Crippen LogP contribution in [0.5, 0.6) is 5.75 Å². The van der Waals surface area contributed by atoms with Crippen LogP contribution in [0.4, 0.5) is 8.78 Å². The Morgan fingerprint density at radius 1 is 1.42 bits per heavy atom. The zero-order valence-electron chi connectivity index (χ0n) is 12.7. The van der Waals surface area contributed by atoms with Gasteiger partial charge in [-0.25, -0.2) is 13.8 Å². The second-order valence-corrected chi connectivity index (χ2v) is 5.64. The second-order valence-electron chi connectivity index (χ2n) is 4.70. The van der Waals surface area contributed by atoms with E-state index in [9.17, 15) is 13.6 Å². The van der Waals surface area contributed by atoms with E-state index in [2.05, 4.69) is 10.3 Å². The van der Waals surface area contributed by atoms with E-state index in [0.717, 1.165) is 10.6 Å². The lowest BCUT2D eigenvalue weighted by Crippen LogP contribution is -2.23. The van der Waals surface area contributed by atoms with Crippen LogP contribution in [0, 0.1) is 0 Å². The maximum atomic E-state index is 12.1. The molecule has 1 heterocycles. The molecule has 5 nitrogen and oxygen atoms in total. The van der Waals surface area contributed by atoms with Gasteiger partial charge in [-0.3, -0.25) is 4.79 Å². The van der Waals surface area contributed by atoms with E-state index in [1.807, 2.05) is 0 Å². The number of carbonyl (C=O) groups excluding carboxylic acids is 1. The molecule has 1 aromatic carbocycles. The first-order chi connectivity index (χ1) is 11.1. The van der Waals surface area contributed by atoms with Crippen molar-refractivity contribution in [1.29, 1.82) is 0 Å². The first kappa shape index (κ1) is 20.3. The van der Waals surface area contributed by atoms with Gasteiger partial charge in [0.2, 0.25) is 0 Å². The molecule has 0 aliphatic carbocycles. The van der Waals surface area contributed by atoms with E-state index in [1.54, 1.807) is 29.6 Å². The third-order valence-electron chi connectivity index (χ3n) is 2.87. The SMILES string of the molecule is Cl.NCCc1nc(C(=O)NCc2cccc(OCC(F)F)c2)cs1. The maximum absolute atomic E-state index is 12.1. The first-order valence-corrected chi connectivity index (χ1v) is 7.89. The van der Waals surface area contributed by atoms with Gasteiger partial charge in [0.15, 0.2) is 0 Å². The average Bonchev–Trinajstić information content (AvgIpc) is 3.00. The van der Waals surface area contributed by atoms with Gasteiger partial charge >= 0.3 is 0 Å². The number of thiazole rings is 1. The summed E-state index contributed by atoms with van der Waals surface area (Å²) in [5, 5.41) is 5.24. The Labute approximate surface area is 148 Å². The number of hydrogen-bond donors (Lipinski definition) is 2. The fraction of sp³-hybridized carbons (Fsp3) is 0.333. The molecule has 1 amide bonds. The fourth-order valence-electron chi connectivity index (χ4n) is 1.83. The predicted molar refractivity (Wildman–Crippen MR) is 91.2 cm³/mol. The number of benzene rings is 1. The summed E-state index contributed by atoms with van der Waals surface area (Å²) < 4.78 is 29.2. The summed E-state index contributed by atoms with van der Waals surface area (Å²) >= 11 is 1.39. The highest BCUT2D eigenvalue weighted by atomic mass is 35.5. The standard InChI is InChI=1S/C15H17F2N3O2S.ClH/c16-13(17)8-22-11-3-1-2-10(6-11)7-19-15(21)12-9-23-14(20-12)4-5-18;/h1-3,6,9,13H,4-5,7-8,18H2,(H,19,21);1H. The minimum absolute atomic E-state index is 0. The van der Waals surface area contributed by atoms with Crippen LogP contribution in [-0.4, -0.2) is 30.5 Å². The Bertz CT molecular complexity index is 655. The number of amides is 1. The molecular formula is C15H18ClF2N3O2S. The molecule has 0 spiro atoms. The van der Waals surface area contributed by atoms with E-state index >= 15 is 0 Å². The summed E-state index contributed by atoms with van der Waals surface area (Å²) in [4.78, 5) is 16.2. The molecule has 1 aromatic heterocycles. The average molecular weight is 378 g/mol. The first-order valence-electron chi connectivity index (χ1n) is 7.01. The van der Waals surface area contributed by atoms with Crippen molar-refractivity contribution < 1.29 is 18.3 Å². The van der Waals surface area contributed by atoms with E-state index in [-0.39, 0.29) is 24.9 Å². The van der Waals surface area contributed by atoms with Gasteiger partial charge in [0.25, 0.3) is 12.3 Å². The fourth-order valence-corrected chi connectivity index (χ4v) is 2.62. The number of carbonyl (C=O) groups is 1. The number of hydrogen-bond acceptors (Lipinski definition) is 5. The van der Waals surface area contributed by atoms with Gasteiger partial charge in [-0.15, -0.1) is 23.7 Å². The van der Waals surface area contributed by atoms with Crippen LogP contribution in [0.3, 0.4) is 0 Å². The summed E-state index contributed by atoms with van der Waals surface area (Å²) in [5.41, 5.74) is 6.55. The summed E-state index contributed by atoms with van der Waals surface area (Å²) in [6, 6.07) is 6.66. The Morgan fingerprint density at radius 3 is 2.92 bits per heavy atom. The Balaban J connectivity index is 0.00000288. The van der Waals surface area contributed by atoms with Gasteiger partial charge in [0.05, 0.1) is 5.01 Å². The molecule has 2 aromatic rings. The summed E-state index contributed by atoms with van der Waals surface area (Å²) in [6.07, 6.45) is -1.88. The van der Waals surface area contributed by atoms with Gasteiger partial charge in [-0.05, 0) is 24.2 Å². The lowest BCUT2D eigenvalue weighted by atomic mass is 10.2. The van der Waals surface area contributed by atoms with Crippen molar-refractivity contribution in [2.75, 3.05) is 13.2 Å². The van der Waals surface area contributed by atoms with Crippen molar-refractivity contribution in [2.24, 2.45) is 5.73 Å². The highest BCUT2D eigenvalue weighted by Crippen LogP contribution is 2.15. The van der Waals surface area contributed by atoms with Crippen LogP contribution in [0.15, 0.2) is 29.6 Å². The molecule has 3 N–H and O–H groups in total. The van der Waals surface area contributed by atoms with Crippen molar-refractivity contribution in [3.8, 4) is 5.75 Å². The van der Waals surface area contributed by atoms with Crippen LogP contribution in [0.1, 0.15) is 21.1 Å². The van der Waals surface area contributed by atoms with Gasteiger partial charge < -0.3 is 15.8 Å². The highest BCUT2D eigenvalue weighted by molar-refractivity contribution is 7.09. The molecule has 2 rings (SSSR count). The van der Waals surface area contributed by atoms with E-state index in [0.29, 0.717) is 24.4 Å². The van der Waals surface area contributed by atoms with Crippen molar-refractivity contribution in [1.82, 2.24) is 10.3 Å². The summed E-state index contributed by atoms with van der Waals surface area (Å²) in [5.74, 6) is 0.0550. The van der Waals surface area contributed by atoms with Crippen molar-refractivity contribution in [3.63, 3.8) is 0 Å². The van der Waals surface area contributed by atoms with Crippen molar-refractivity contribution in [3.05, 3.63) is 45.9 Å². The minimum Gasteiger partial charge on any atom is -0.488 e. The molecule has 0 saturated heterocycles. The van der Waals surface area contributed by atoms with E-state index in [1.165, 1.54) is 11.3 Å². The Morgan fingerprint density at radius 2 is 2.21 bits per heavy atom. The molecule has 132 valence electrons. The number of alkyl halides is 2. The Hall–Kier alpha value is -1.77. The van der Waals surface area contributed by atoms with Gasteiger partial charge in [-0.2, -0.15) is 0 Å². The van der Waals surface area contributed by atoms with Crippen LogP contribution in [-0.2, 0) is 13.0 Å². The minimum atomic E-state index is -2.52. The summed E-state index contributed by atoms with van der Waals surface area (Å²) in [7, 11) is 0. The largest absolute Gasteiger partial charge is 0.488 e. The molecule has 0 radical (unpaired) electrons. The van der Waals surface area contributed by atoms with Gasteiger partial charge in [-0.1, -0.05) is 12.1 Å². The molecule has 0 aliphatic heterocycles. The topological polar surface area (TPSA) is 77.2 Å². The molecule has 0 saturated carbocycles.